The van der Waals surface area contributed by atoms with Crippen molar-refractivity contribution in [3.05, 3.63) is 40.0 Å². The molecule has 1 saturated heterocycles. The van der Waals surface area contributed by atoms with E-state index in [9.17, 15) is 14.9 Å². The largest absolute Gasteiger partial charge is 0.490 e. The molecule has 1 aromatic rings. The summed E-state index contributed by atoms with van der Waals surface area (Å²) in [6.45, 7) is 1.07. The summed E-state index contributed by atoms with van der Waals surface area (Å²) >= 11 is 0. The number of piperidine rings is 1. The number of likely N-dealkylation sites (tertiary alicyclic amines) is 1. The van der Waals surface area contributed by atoms with Crippen LogP contribution in [0.25, 0.3) is 6.08 Å². The van der Waals surface area contributed by atoms with Crippen LogP contribution in [0.3, 0.4) is 0 Å². The topological polar surface area (TPSA) is 92.9 Å². The Bertz CT molecular complexity index is 592. The molecule has 118 valence electrons. The fraction of sp³-hybridized carbons (Fsp3) is 0.400. The molecule has 1 aromatic carbocycles. The second-order valence-corrected chi connectivity index (χ2v) is 5.15. The number of nitro groups is 1. The van der Waals surface area contributed by atoms with Crippen LogP contribution in [0.2, 0.25) is 0 Å². The monoisotopic (exact) mass is 306 g/mol. The third-order valence-electron chi connectivity index (χ3n) is 3.77. The highest BCUT2D eigenvalue weighted by molar-refractivity contribution is 5.65. The molecule has 1 aliphatic rings. The lowest BCUT2D eigenvalue weighted by molar-refractivity contribution is -0.385. The Labute approximate surface area is 128 Å². The first kappa shape index (κ1) is 15.8. The molecule has 1 N–H and O–H groups in total. The molecule has 0 bridgehead atoms. The van der Waals surface area contributed by atoms with Gasteiger partial charge < -0.3 is 14.7 Å². The summed E-state index contributed by atoms with van der Waals surface area (Å²) in [6, 6.07) is 4.72. The van der Waals surface area contributed by atoms with Crippen molar-refractivity contribution < 1.29 is 19.6 Å². The molecule has 7 heteroatoms. The molecular weight excluding hydrogens is 288 g/mol. The first-order chi connectivity index (χ1) is 10.5. The molecule has 2 rings (SSSR count). The highest BCUT2D eigenvalue weighted by atomic mass is 16.6. The highest BCUT2D eigenvalue weighted by Gasteiger charge is 2.20. The number of amides is 1. The second-order valence-electron chi connectivity index (χ2n) is 5.15. The van der Waals surface area contributed by atoms with Crippen LogP contribution >= 0.6 is 0 Å². The lowest BCUT2D eigenvalue weighted by Crippen LogP contribution is -2.36. The molecule has 1 fully saturated rings. The van der Waals surface area contributed by atoms with Gasteiger partial charge in [0.15, 0.2) is 5.75 Å². The van der Waals surface area contributed by atoms with Crippen LogP contribution in [0.15, 0.2) is 24.3 Å². The van der Waals surface area contributed by atoms with Crippen molar-refractivity contribution in [3.8, 4) is 5.75 Å². The number of hydrogen-bond acceptors (Lipinski definition) is 4. The van der Waals surface area contributed by atoms with E-state index in [1.165, 1.54) is 18.1 Å². The number of allylic oxidation sites excluding steroid dienone is 1. The van der Waals surface area contributed by atoms with E-state index in [2.05, 4.69) is 0 Å². The minimum Gasteiger partial charge on any atom is -0.490 e. The first-order valence-electron chi connectivity index (χ1n) is 6.99. The van der Waals surface area contributed by atoms with E-state index in [4.69, 9.17) is 9.84 Å². The molecule has 0 spiro atoms. The van der Waals surface area contributed by atoms with Crippen LogP contribution in [0.1, 0.15) is 18.4 Å². The molecule has 0 aliphatic carbocycles. The zero-order valence-electron chi connectivity index (χ0n) is 12.3. The lowest BCUT2D eigenvalue weighted by atomic mass is 9.96. The van der Waals surface area contributed by atoms with Crippen molar-refractivity contribution in [2.45, 2.75) is 12.8 Å². The molecule has 0 atom stereocenters. The molecule has 1 heterocycles. The van der Waals surface area contributed by atoms with Crippen LogP contribution < -0.4 is 4.74 Å². The molecule has 7 nitrogen and oxygen atoms in total. The molecule has 0 aromatic heterocycles. The van der Waals surface area contributed by atoms with Crippen molar-refractivity contribution in [1.29, 1.82) is 0 Å². The number of rotatable bonds is 4. The minimum atomic E-state index is -0.873. The maximum Gasteiger partial charge on any atom is 0.407 e. The van der Waals surface area contributed by atoms with Gasteiger partial charge in [-0.3, -0.25) is 10.1 Å². The summed E-state index contributed by atoms with van der Waals surface area (Å²) in [5.41, 5.74) is 0.762. The number of methoxy groups -OCH3 is 1. The van der Waals surface area contributed by atoms with E-state index in [1.807, 2.05) is 12.2 Å². The van der Waals surface area contributed by atoms with Gasteiger partial charge in [-0.05, 0) is 36.5 Å². The lowest BCUT2D eigenvalue weighted by Gasteiger charge is -2.28. The third kappa shape index (κ3) is 3.75. The van der Waals surface area contributed by atoms with Crippen molar-refractivity contribution in [1.82, 2.24) is 4.90 Å². The summed E-state index contributed by atoms with van der Waals surface area (Å²) in [5, 5.41) is 19.7. The van der Waals surface area contributed by atoms with Crippen LogP contribution in [0, 0.1) is 16.0 Å². The Morgan fingerprint density at radius 2 is 2.14 bits per heavy atom. The number of carboxylic acid groups (broad SMARTS) is 1. The van der Waals surface area contributed by atoms with E-state index in [0.717, 1.165) is 18.4 Å². The van der Waals surface area contributed by atoms with Crippen LogP contribution in [0.5, 0.6) is 5.75 Å². The normalized spacial score (nSPS) is 16.0. The average Bonchev–Trinajstić information content (AvgIpc) is 2.52. The summed E-state index contributed by atoms with van der Waals surface area (Å²) in [5.74, 6) is 0.546. The number of nitrogens with zero attached hydrogens (tertiary/aromatic N) is 2. The zero-order chi connectivity index (χ0) is 16.1. The summed E-state index contributed by atoms with van der Waals surface area (Å²) in [4.78, 5) is 22.6. The maximum atomic E-state index is 10.8. The highest BCUT2D eigenvalue weighted by Crippen LogP contribution is 2.28. The van der Waals surface area contributed by atoms with E-state index in [0.29, 0.717) is 19.0 Å². The summed E-state index contributed by atoms with van der Waals surface area (Å²) in [7, 11) is 1.40. The first-order valence-corrected chi connectivity index (χ1v) is 6.99. The Morgan fingerprint density at radius 1 is 1.45 bits per heavy atom. The van der Waals surface area contributed by atoms with Gasteiger partial charge in [-0.15, -0.1) is 0 Å². The van der Waals surface area contributed by atoms with Gasteiger partial charge in [0.25, 0.3) is 0 Å². The predicted octanol–water partition coefficient (Wildman–Crippen LogP) is 3.01. The van der Waals surface area contributed by atoms with Gasteiger partial charge >= 0.3 is 11.8 Å². The van der Waals surface area contributed by atoms with Crippen molar-refractivity contribution in [2.75, 3.05) is 20.2 Å². The number of benzene rings is 1. The van der Waals surface area contributed by atoms with Gasteiger partial charge in [-0.25, -0.2) is 4.79 Å². The van der Waals surface area contributed by atoms with Gasteiger partial charge in [0.05, 0.1) is 12.0 Å². The average molecular weight is 306 g/mol. The van der Waals surface area contributed by atoms with Crippen molar-refractivity contribution in [2.24, 2.45) is 5.92 Å². The van der Waals surface area contributed by atoms with Gasteiger partial charge in [0.2, 0.25) is 0 Å². The Balaban J connectivity index is 2.02. The van der Waals surface area contributed by atoms with Gasteiger partial charge in [0.1, 0.15) is 0 Å². The predicted molar refractivity (Wildman–Crippen MR) is 81.0 cm³/mol. The summed E-state index contributed by atoms with van der Waals surface area (Å²) in [6.07, 6.45) is 4.62. The van der Waals surface area contributed by atoms with Gasteiger partial charge in [0, 0.05) is 19.2 Å². The fourth-order valence-electron chi connectivity index (χ4n) is 2.48. The number of hydrogen-bond donors (Lipinski definition) is 1. The Kier molecular flexibility index (Phi) is 4.98. The molecule has 0 unspecified atom stereocenters. The number of carbonyl (C=O) groups is 1. The van der Waals surface area contributed by atoms with E-state index < -0.39 is 11.0 Å². The molecular formula is C15H18N2O5. The quantitative estimate of drug-likeness (QED) is 0.681. The maximum absolute atomic E-state index is 10.8. The molecule has 22 heavy (non-hydrogen) atoms. The van der Waals surface area contributed by atoms with Crippen molar-refractivity contribution >= 4 is 17.9 Å². The smallest absolute Gasteiger partial charge is 0.407 e. The molecule has 0 radical (unpaired) electrons. The molecule has 0 saturated carbocycles. The van der Waals surface area contributed by atoms with Crippen LogP contribution in [0.4, 0.5) is 10.5 Å². The van der Waals surface area contributed by atoms with Crippen LogP contribution in [-0.4, -0.2) is 41.2 Å². The Hall–Kier alpha value is -2.57. The molecule has 1 aliphatic heterocycles. The second kappa shape index (κ2) is 6.93. The van der Waals surface area contributed by atoms with Crippen molar-refractivity contribution in [3.63, 3.8) is 0 Å². The van der Waals surface area contributed by atoms with Gasteiger partial charge in [-0.2, -0.15) is 0 Å². The number of nitro benzene ring substituents is 1. The Morgan fingerprint density at radius 3 is 2.68 bits per heavy atom. The van der Waals surface area contributed by atoms with Gasteiger partial charge in [-0.1, -0.05) is 12.2 Å². The standard InChI is InChI=1S/C15H18N2O5/c1-22-14-10-12(4-5-13(14)17(20)21)3-2-11-6-8-16(9-7-11)15(18)19/h2-5,10-11H,6-9H2,1H3,(H,18,19). The number of ether oxygens (including phenoxy) is 1. The van der Waals surface area contributed by atoms with Crippen LogP contribution in [-0.2, 0) is 0 Å². The summed E-state index contributed by atoms with van der Waals surface area (Å²) < 4.78 is 5.03. The third-order valence-corrected chi connectivity index (χ3v) is 3.77. The van der Waals surface area contributed by atoms with E-state index >= 15 is 0 Å². The SMILES string of the molecule is COc1cc(C=CC2CCN(C(=O)O)CC2)ccc1[N+](=O)[O-]. The minimum absolute atomic E-state index is 0.0607. The zero-order valence-corrected chi connectivity index (χ0v) is 12.3. The van der Waals surface area contributed by atoms with E-state index in [-0.39, 0.29) is 11.4 Å². The fourth-order valence-corrected chi connectivity index (χ4v) is 2.48. The molecule has 1 amide bonds. The van der Waals surface area contributed by atoms with E-state index in [1.54, 1.807) is 12.1 Å².